The Labute approximate surface area is 132 Å². The van der Waals surface area contributed by atoms with E-state index in [1.807, 2.05) is 0 Å². The molecule has 0 atom stereocenters. The van der Waals surface area contributed by atoms with Crippen molar-refractivity contribution in [2.75, 3.05) is 23.7 Å². The molecule has 0 radical (unpaired) electrons. The maximum Gasteiger partial charge on any atom is 0.410 e. The molecular weight excluding hydrogens is 267 g/mol. The Morgan fingerprint density at radius 1 is 0.773 bits per heavy atom. The Bertz CT molecular complexity index is 814. The molecule has 4 rings (SSSR count). The van der Waals surface area contributed by atoms with Gasteiger partial charge in [0.2, 0.25) is 0 Å². The minimum absolute atomic E-state index is 0.223. The molecule has 0 N–H and O–H groups in total. The first-order valence-electron chi connectivity index (χ1n) is 7.71. The summed E-state index contributed by atoms with van der Waals surface area (Å²) in [6, 6.07) is 21.9. The molecule has 1 aliphatic rings. The normalized spacial score (nSPS) is 13.9. The number of hydrogen-bond acceptors (Lipinski definition) is 2. The van der Waals surface area contributed by atoms with Crippen molar-refractivity contribution in [1.82, 2.24) is 0 Å². The van der Waals surface area contributed by atoms with Gasteiger partial charge in [-0.15, -0.1) is 0 Å². The highest BCUT2D eigenvalue weighted by Gasteiger charge is 2.35. The van der Waals surface area contributed by atoms with E-state index in [9.17, 15) is 0 Å². The van der Waals surface area contributed by atoms with Gasteiger partial charge >= 0.3 is 6.98 Å². The van der Waals surface area contributed by atoms with E-state index in [0.717, 1.165) is 0 Å². The summed E-state index contributed by atoms with van der Waals surface area (Å²) in [5.74, 6) is 0. The Balaban J connectivity index is 1.95. The third kappa shape index (κ3) is 1.82. The summed E-state index contributed by atoms with van der Waals surface area (Å²) in [4.78, 5) is 4.76. The second-order valence-corrected chi connectivity index (χ2v) is 6.16. The molecule has 0 unspecified atom stereocenters. The van der Waals surface area contributed by atoms with Gasteiger partial charge in [0.15, 0.2) is 0 Å². The molecule has 2 nitrogen and oxygen atoms in total. The minimum atomic E-state index is 0.223. The second-order valence-electron chi connectivity index (χ2n) is 6.16. The molecule has 0 bridgehead atoms. The first kappa shape index (κ1) is 13.3. The van der Waals surface area contributed by atoms with E-state index in [-0.39, 0.29) is 6.98 Å². The Kier molecular flexibility index (Phi) is 2.90. The zero-order valence-electron chi connectivity index (χ0n) is 13.2. The van der Waals surface area contributed by atoms with Gasteiger partial charge < -0.3 is 9.62 Å². The molecule has 108 valence electrons. The van der Waals surface area contributed by atoms with Crippen LogP contribution in [0.15, 0.2) is 60.7 Å². The lowest BCUT2D eigenvalue weighted by Gasteiger charge is -2.41. The van der Waals surface area contributed by atoms with Crippen molar-refractivity contribution in [3.05, 3.63) is 66.2 Å². The van der Waals surface area contributed by atoms with Gasteiger partial charge in [-0.2, -0.15) is 0 Å². The third-order valence-corrected chi connectivity index (χ3v) is 4.69. The van der Waals surface area contributed by atoms with Crippen LogP contribution in [0.3, 0.4) is 0 Å². The Hall–Kier alpha value is -2.42. The molecule has 3 aromatic carbocycles. The maximum atomic E-state index is 2.38. The van der Waals surface area contributed by atoms with Crippen LogP contribution in [-0.4, -0.2) is 21.1 Å². The summed E-state index contributed by atoms with van der Waals surface area (Å²) < 4.78 is 0. The molecule has 0 aromatic heterocycles. The Morgan fingerprint density at radius 3 is 1.95 bits per heavy atom. The summed E-state index contributed by atoms with van der Waals surface area (Å²) in [5, 5.41) is 2.65. The first-order chi connectivity index (χ1) is 10.7. The number of rotatable bonds is 1. The van der Waals surface area contributed by atoms with Gasteiger partial charge in [-0.3, -0.25) is 0 Å². The fourth-order valence-electron chi connectivity index (χ4n) is 3.69. The molecule has 0 amide bonds. The molecule has 0 saturated carbocycles. The number of hydrogen-bond donors (Lipinski definition) is 0. The van der Waals surface area contributed by atoms with Crippen molar-refractivity contribution >= 4 is 34.6 Å². The minimum Gasteiger partial charge on any atom is -0.394 e. The van der Waals surface area contributed by atoms with Crippen molar-refractivity contribution in [3.63, 3.8) is 0 Å². The van der Waals surface area contributed by atoms with E-state index in [1.54, 1.807) is 0 Å². The predicted octanol–water partition coefficient (Wildman–Crippen LogP) is 3.43. The number of benzene rings is 3. The standard InChI is InChI=1S/C19H19BN2/c1-14-7-4-10-16(13-14)20-21(2)17-11-5-8-15-9-6-12-18(19(15)17)22(20)3/h4-13H,1-3H3. The lowest BCUT2D eigenvalue weighted by Crippen LogP contribution is -2.59. The maximum absolute atomic E-state index is 2.38. The average molecular weight is 286 g/mol. The van der Waals surface area contributed by atoms with E-state index in [1.165, 1.54) is 33.2 Å². The van der Waals surface area contributed by atoms with Crippen LogP contribution in [0.4, 0.5) is 11.4 Å². The quantitative estimate of drug-likeness (QED) is 0.632. The monoisotopic (exact) mass is 286 g/mol. The van der Waals surface area contributed by atoms with E-state index in [4.69, 9.17) is 0 Å². The highest BCUT2D eigenvalue weighted by molar-refractivity contribution is 6.81. The van der Waals surface area contributed by atoms with Gasteiger partial charge in [0, 0.05) is 16.8 Å². The van der Waals surface area contributed by atoms with Gasteiger partial charge in [0.1, 0.15) is 0 Å². The fraction of sp³-hybridized carbons (Fsp3) is 0.158. The van der Waals surface area contributed by atoms with Crippen LogP contribution in [0.25, 0.3) is 10.8 Å². The summed E-state index contributed by atoms with van der Waals surface area (Å²) in [7, 11) is 4.38. The molecule has 0 spiro atoms. The summed E-state index contributed by atoms with van der Waals surface area (Å²) in [6.07, 6.45) is 0. The van der Waals surface area contributed by atoms with Crippen molar-refractivity contribution in [2.45, 2.75) is 6.92 Å². The first-order valence-corrected chi connectivity index (χ1v) is 7.71. The van der Waals surface area contributed by atoms with E-state index in [2.05, 4.69) is 91.3 Å². The lowest BCUT2D eigenvalue weighted by atomic mass is 9.62. The van der Waals surface area contributed by atoms with Crippen LogP contribution >= 0.6 is 0 Å². The van der Waals surface area contributed by atoms with E-state index < -0.39 is 0 Å². The topological polar surface area (TPSA) is 6.48 Å². The van der Waals surface area contributed by atoms with Gasteiger partial charge in [0.05, 0.1) is 0 Å². The molecule has 0 aliphatic carbocycles. The number of aryl methyl sites for hydroxylation is 1. The highest BCUT2D eigenvalue weighted by Crippen LogP contribution is 2.38. The smallest absolute Gasteiger partial charge is 0.394 e. The van der Waals surface area contributed by atoms with Gasteiger partial charge in [-0.05, 0) is 44.0 Å². The second kappa shape index (κ2) is 4.80. The summed E-state index contributed by atoms with van der Waals surface area (Å²) in [5.41, 5.74) is 5.24. The molecule has 3 heteroatoms. The van der Waals surface area contributed by atoms with Crippen LogP contribution in [0.2, 0.25) is 0 Å². The van der Waals surface area contributed by atoms with Gasteiger partial charge in [-0.1, -0.05) is 54.1 Å². The van der Waals surface area contributed by atoms with E-state index >= 15 is 0 Å². The largest absolute Gasteiger partial charge is 0.410 e. The molecule has 1 heterocycles. The van der Waals surface area contributed by atoms with Crippen molar-refractivity contribution in [3.8, 4) is 0 Å². The average Bonchev–Trinajstić information content (AvgIpc) is 2.53. The molecule has 1 aliphatic heterocycles. The molecular formula is C19H19BN2. The molecule has 0 fully saturated rings. The zero-order chi connectivity index (χ0) is 15.3. The molecule has 22 heavy (non-hydrogen) atoms. The number of nitrogens with zero attached hydrogens (tertiary/aromatic N) is 2. The lowest BCUT2D eigenvalue weighted by molar-refractivity contribution is 1.19. The van der Waals surface area contributed by atoms with Crippen molar-refractivity contribution in [1.29, 1.82) is 0 Å². The van der Waals surface area contributed by atoms with Gasteiger partial charge in [0.25, 0.3) is 0 Å². The van der Waals surface area contributed by atoms with Crippen LogP contribution in [0, 0.1) is 6.92 Å². The highest BCUT2D eigenvalue weighted by atomic mass is 15.2. The van der Waals surface area contributed by atoms with Gasteiger partial charge in [-0.25, -0.2) is 0 Å². The van der Waals surface area contributed by atoms with Crippen LogP contribution in [0.5, 0.6) is 0 Å². The third-order valence-electron chi connectivity index (χ3n) is 4.69. The predicted molar refractivity (Wildman–Crippen MR) is 97.3 cm³/mol. The summed E-state index contributed by atoms with van der Waals surface area (Å²) in [6.45, 7) is 2.38. The SMILES string of the molecule is Cc1cccc(B2N(C)c3cccc4cccc(c34)N2C)c1. The van der Waals surface area contributed by atoms with Crippen LogP contribution < -0.4 is 15.1 Å². The van der Waals surface area contributed by atoms with Crippen LogP contribution in [-0.2, 0) is 0 Å². The fourth-order valence-corrected chi connectivity index (χ4v) is 3.69. The zero-order valence-corrected chi connectivity index (χ0v) is 13.2. The summed E-state index contributed by atoms with van der Waals surface area (Å²) >= 11 is 0. The van der Waals surface area contributed by atoms with Crippen molar-refractivity contribution in [2.24, 2.45) is 0 Å². The van der Waals surface area contributed by atoms with Crippen molar-refractivity contribution < 1.29 is 0 Å². The van der Waals surface area contributed by atoms with E-state index in [0.29, 0.717) is 0 Å². The molecule has 0 saturated heterocycles. The molecule has 3 aromatic rings. The number of anilines is 2. The Morgan fingerprint density at radius 2 is 1.36 bits per heavy atom. The van der Waals surface area contributed by atoms with Crippen LogP contribution in [0.1, 0.15) is 5.56 Å².